The lowest BCUT2D eigenvalue weighted by molar-refractivity contribution is 0.366. The highest BCUT2D eigenvalue weighted by Gasteiger charge is 2.20. The molecule has 0 aliphatic carbocycles. The Labute approximate surface area is 163 Å². The first-order valence-electron chi connectivity index (χ1n) is 9.50. The summed E-state index contributed by atoms with van der Waals surface area (Å²) < 4.78 is 16.2. The number of halogens is 1. The summed E-state index contributed by atoms with van der Waals surface area (Å²) in [6, 6.07) is 5.17. The van der Waals surface area contributed by atoms with Crippen LogP contribution in [0.3, 0.4) is 0 Å². The Balaban J connectivity index is 1.84. The molecule has 0 atom stereocenters. The minimum atomic E-state index is -0.302. The molecule has 3 aromatic rings. The fourth-order valence-corrected chi connectivity index (χ4v) is 3.16. The molecule has 3 rings (SSSR count). The fourth-order valence-electron chi connectivity index (χ4n) is 3.16. The maximum Gasteiger partial charge on any atom is 0.263 e. The molecule has 150 valence electrons. The number of nitrogens with zero attached hydrogens (tertiary/aromatic N) is 4. The maximum absolute atomic E-state index is 14.5. The Morgan fingerprint density at radius 3 is 2.57 bits per heavy atom. The second kappa shape index (κ2) is 7.61. The molecular formula is C20H27FN6O. The van der Waals surface area contributed by atoms with Crippen LogP contribution in [0.5, 0.6) is 0 Å². The summed E-state index contributed by atoms with van der Waals surface area (Å²) in [5, 5.41) is 7.81. The number of aromatic nitrogens is 4. The molecule has 0 amide bonds. The van der Waals surface area contributed by atoms with E-state index >= 15 is 0 Å². The van der Waals surface area contributed by atoms with Crippen molar-refractivity contribution < 1.29 is 4.39 Å². The number of H-pyrrole nitrogens is 1. The fraction of sp³-hybridized carbons (Fsp3) is 0.450. The molecule has 0 spiro atoms. The van der Waals surface area contributed by atoms with E-state index in [0.29, 0.717) is 29.2 Å². The molecular weight excluding hydrogens is 359 g/mol. The number of rotatable bonds is 6. The van der Waals surface area contributed by atoms with Crippen molar-refractivity contribution in [3.63, 3.8) is 0 Å². The average molecular weight is 386 g/mol. The Hall–Kier alpha value is -2.90. The molecule has 28 heavy (non-hydrogen) atoms. The van der Waals surface area contributed by atoms with E-state index in [0.717, 1.165) is 18.7 Å². The molecule has 2 N–H and O–H groups in total. The Kier molecular flexibility index (Phi) is 5.40. The van der Waals surface area contributed by atoms with Crippen LogP contribution in [0.4, 0.5) is 16.0 Å². The number of benzene rings is 1. The molecule has 0 bridgehead atoms. The van der Waals surface area contributed by atoms with Crippen LogP contribution in [0.25, 0.3) is 11.0 Å². The van der Waals surface area contributed by atoms with Crippen molar-refractivity contribution in [2.75, 3.05) is 23.3 Å². The predicted molar refractivity (Wildman–Crippen MR) is 110 cm³/mol. The quantitative estimate of drug-likeness (QED) is 0.678. The lowest BCUT2D eigenvalue weighted by Crippen LogP contribution is -2.24. The smallest absolute Gasteiger partial charge is 0.263 e. The monoisotopic (exact) mass is 386 g/mol. The number of anilines is 2. The zero-order valence-electron chi connectivity index (χ0n) is 17.0. The van der Waals surface area contributed by atoms with Crippen molar-refractivity contribution in [1.29, 1.82) is 0 Å². The molecule has 2 heterocycles. The second-order valence-electron chi connectivity index (χ2n) is 7.69. The summed E-state index contributed by atoms with van der Waals surface area (Å²) in [6.07, 6.45) is 1.53. The van der Waals surface area contributed by atoms with E-state index in [4.69, 9.17) is 0 Å². The van der Waals surface area contributed by atoms with E-state index in [-0.39, 0.29) is 16.9 Å². The number of nitrogens with one attached hydrogen (secondary N) is 2. The lowest BCUT2D eigenvalue weighted by atomic mass is 10.1. The van der Waals surface area contributed by atoms with Gasteiger partial charge in [-0.05, 0) is 52.3 Å². The number of fused-ring (bicyclic) bond motifs is 1. The molecule has 0 unspecified atom stereocenters. The first-order chi connectivity index (χ1) is 13.2. The molecule has 2 aromatic heterocycles. The van der Waals surface area contributed by atoms with Gasteiger partial charge in [0.25, 0.3) is 5.56 Å². The van der Waals surface area contributed by atoms with Gasteiger partial charge in [-0.3, -0.25) is 9.78 Å². The predicted octanol–water partition coefficient (Wildman–Crippen LogP) is 3.47. The molecule has 0 aliphatic heterocycles. The summed E-state index contributed by atoms with van der Waals surface area (Å²) in [6.45, 7) is 11.8. The van der Waals surface area contributed by atoms with Gasteiger partial charge >= 0.3 is 0 Å². The molecule has 0 fully saturated rings. The third-order valence-corrected chi connectivity index (χ3v) is 4.65. The zero-order chi connectivity index (χ0) is 20.5. The van der Waals surface area contributed by atoms with Crippen molar-refractivity contribution in [3.05, 3.63) is 46.1 Å². The SMILES string of the molecule is CCN(CC)c1ccc(CNc2nc3c(cnn3C(C)(C)C)c(=O)[nH]2)cc1F. The molecule has 0 aliphatic rings. The van der Waals surface area contributed by atoms with Crippen LogP contribution in [0.15, 0.2) is 29.2 Å². The highest BCUT2D eigenvalue weighted by atomic mass is 19.1. The van der Waals surface area contributed by atoms with Crippen molar-refractivity contribution in [2.24, 2.45) is 0 Å². The zero-order valence-corrected chi connectivity index (χ0v) is 17.0. The van der Waals surface area contributed by atoms with Crippen LogP contribution in [-0.4, -0.2) is 32.8 Å². The standard InChI is InChI=1S/C20H27FN6O/c1-6-26(7-2)16-9-8-13(10-15(16)21)11-22-19-24-17-14(18(28)25-19)12-23-27(17)20(3,4)5/h8-10,12H,6-7,11H2,1-5H3,(H2,22,24,25,28). The van der Waals surface area contributed by atoms with E-state index < -0.39 is 0 Å². The van der Waals surface area contributed by atoms with Gasteiger partial charge in [0, 0.05) is 19.6 Å². The summed E-state index contributed by atoms with van der Waals surface area (Å²) in [5.41, 5.74) is 1.31. The largest absolute Gasteiger partial charge is 0.370 e. The third-order valence-electron chi connectivity index (χ3n) is 4.65. The van der Waals surface area contributed by atoms with E-state index in [1.165, 1.54) is 12.3 Å². The van der Waals surface area contributed by atoms with Crippen LogP contribution in [-0.2, 0) is 12.1 Å². The molecule has 0 saturated heterocycles. The third kappa shape index (κ3) is 3.85. The molecule has 7 nitrogen and oxygen atoms in total. The summed E-state index contributed by atoms with van der Waals surface area (Å²) in [5.74, 6) is 0.0717. The van der Waals surface area contributed by atoms with Crippen molar-refractivity contribution in [1.82, 2.24) is 19.7 Å². The van der Waals surface area contributed by atoms with Crippen LogP contribution in [0, 0.1) is 5.82 Å². The van der Waals surface area contributed by atoms with E-state index in [1.54, 1.807) is 10.7 Å². The van der Waals surface area contributed by atoms with Gasteiger partial charge in [-0.15, -0.1) is 0 Å². The lowest BCUT2D eigenvalue weighted by Gasteiger charge is -2.22. The highest BCUT2D eigenvalue weighted by Crippen LogP contribution is 2.21. The van der Waals surface area contributed by atoms with Crippen LogP contribution < -0.4 is 15.8 Å². The van der Waals surface area contributed by atoms with Crippen LogP contribution in [0.2, 0.25) is 0 Å². The summed E-state index contributed by atoms with van der Waals surface area (Å²) in [7, 11) is 0. The van der Waals surface area contributed by atoms with Gasteiger partial charge in [0.05, 0.1) is 17.4 Å². The highest BCUT2D eigenvalue weighted by molar-refractivity contribution is 5.74. The second-order valence-corrected chi connectivity index (χ2v) is 7.69. The number of hydrogen-bond donors (Lipinski definition) is 2. The summed E-state index contributed by atoms with van der Waals surface area (Å²) in [4.78, 5) is 21.5. The maximum atomic E-state index is 14.5. The van der Waals surface area contributed by atoms with Gasteiger partial charge in [0.1, 0.15) is 11.2 Å². The molecule has 0 radical (unpaired) electrons. The van der Waals surface area contributed by atoms with Gasteiger partial charge < -0.3 is 10.2 Å². The normalized spacial score (nSPS) is 11.8. The van der Waals surface area contributed by atoms with Crippen molar-refractivity contribution in [2.45, 2.75) is 46.7 Å². The Morgan fingerprint density at radius 1 is 1.25 bits per heavy atom. The summed E-state index contributed by atoms with van der Waals surface area (Å²) >= 11 is 0. The molecule has 0 saturated carbocycles. The van der Waals surface area contributed by atoms with Crippen molar-refractivity contribution >= 4 is 22.7 Å². The number of aromatic amines is 1. The van der Waals surface area contributed by atoms with E-state index in [1.807, 2.05) is 45.6 Å². The van der Waals surface area contributed by atoms with Crippen LogP contribution in [0.1, 0.15) is 40.2 Å². The first kappa shape index (κ1) is 19.9. The Morgan fingerprint density at radius 2 is 1.96 bits per heavy atom. The van der Waals surface area contributed by atoms with E-state index in [2.05, 4.69) is 20.4 Å². The molecule has 8 heteroatoms. The van der Waals surface area contributed by atoms with Crippen molar-refractivity contribution in [3.8, 4) is 0 Å². The van der Waals surface area contributed by atoms with Gasteiger partial charge in [0.15, 0.2) is 5.65 Å². The van der Waals surface area contributed by atoms with Gasteiger partial charge in [-0.25, -0.2) is 9.07 Å². The molecule has 1 aromatic carbocycles. The van der Waals surface area contributed by atoms with Gasteiger partial charge in [0.2, 0.25) is 5.95 Å². The van der Waals surface area contributed by atoms with Crippen LogP contribution >= 0.6 is 0 Å². The topological polar surface area (TPSA) is 78.8 Å². The van der Waals surface area contributed by atoms with Gasteiger partial charge in [-0.1, -0.05) is 6.07 Å². The average Bonchev–Trinajstić information content (AvgIpc) is 3.07. The Bertz CT molecular complexity index is 1030. The van der Waals surface area contributed by atoms with E-state index in [9.17, 15) is 9.18 Å². The first-order valence-corrected chi connectivity index (χ1v) is 9.50. The number of hydrogen-bond acceptors (Lipinski definition) is 5. The minimum Gasteiger partial charge on any atom is -0.370 e. The van der Waals surface area contributed by atoms with Gasteiger partial charge in [-0.2, -0.15) is 10.1 Å². The minimum absolute atomic E-state index is 0.258.